The topological polar surface area (TPSA) is 65.2 Å². The van der Waals surface area contributed by atoms with E-state index in [0.717, 1.165) is 22.0 Å². The van der Waals surface area contributed by atoms with Gasteiger partial charge in [-0.25, -0.2) is 4.98 Å². The number of halogens is 1. The van der Waals surface area contributed by atoms with Crippen LogP contribution >= 0.6 is 11.6 Å². The fourth-order valence-corrected chi connectivity index (χ4v) is 2.21. The molecule has 0 amide bonds. The van der Waals surface area contributed by atoms with Crippen molar-refractivity contribution in [3.8, 4) is 0 Å². The van der Waals surface area contributed by atoms with Crippen LogP contribution in [0, 0.1) is 0 Å². The van der Waals surface area contributed by atoms with Gasteiger partial charge in [0, 0.05) is 16.5 Å². The minimum absolute atomic E-state index is 0.458. The van der Waals surface area contributed by atoms with E-state index in [0.29, 0.717) is 24.6 Å². The van der Waals surface area contributed by atoms with Gasteiger partial charge in [0.05, 0.1) is 18.7 Å². The van der Waals surface area contributed by atoms with Crippen LogP contribution in [0.1, 0.15) is 21.5 Å². The minimum atomic E-state index is -0.476. The van der Waals surface area contributed by atoms with Gasteiger partial charge >= 0.3 is 0 Å². The second-order valence-corrected chi connectivity index (χ2v) is 4.30. The lowest BCUT2D eigenvalue weighted by Crippen LogP contribution is -2.00. The maximum Gasteiger partial charge on any atom is 0.252 e. The highest BCUT2D eigenvalue weighted by atomic mass is 35.5. The fraction of sp³-hybridized carbons (Fsp3) is 0.167. The van der Waals surface area contributed by atoms with E-state index in [4.69, 9.17) is 22.1 Å². The largest absolute Gasteiger partial charge is 0.383 e. The molecule has 1 aromatic heterocycles. The predicted octanol–water partition coefficient (Wildman–Crippen LogP) is 2.23. The Morgan fingerprint density at radius 2 is 2.12 bits per heavy atom. The Morgan fingerprint density at radius 1 is 1.35 bits per heavy atom. The van der Waals surface area contributed by atoms with E-state index in [1.807, 2.05) is 0 Å². The lowest BCUT2D eigenvalue weighted by Gasteiger charge is -2.07. The number of pyridine rings is 1. The molecule has 86 valence electrons. The first-order valence-electron chi connectivity index (χ1n) is 5.15. The van der Waals surface area contributed by atoms with Crippen molar-refractivity contribution in [2.45, 2.75) is 13.2 Å². The molecule has 4 nitrogen and oxygen atoms in total. The zero-order chi connectivity index (χ0) is 12.0. The van der Waals surface area contributed by atoms with E-state index in [1.54, 1.807) is 18.2 Å². The van der Waals surface area contributed by atoms with Crippen molar-refractivity contribution in [1.29, 1.82) is 0 Å². The average molecular weight is 249 g/mol. The van der Waals surface area contributed by atoms with Crippen molar-refractivity contribution < 1.29 is 9.53 Å². The molecule has 0 spiro atoms. The van der Waals surface area contributed by atoms with E-state index in [1.165, 1.54) is 0 Å². The minimum Gasteiger partial charge on any atom is -0.383 e. The highest BCUT2D eigenvalue weighted by Gasteiger charge is 2.19. The Hall–Kier alpha value is -1.65. The molecule has 17 heavy (non-hydrogen) atoms. The molecule has 0 aliphatic carbocycles. The van der Waals surface area contributed by atoms with Crippen molar-refractivity contribution in [3.63, 3.8) is 0 Å². The van der Waals surface area contributed by atoms with Gasteiger partial charge in [0.25, 0.3) is 5.24 Å². The number of aromatic nitrogens is 1. The van der Waals surface area contributed by atoms with Crippen LogP contribution in [0.15, 0.2) is 18.2 Å². The van der Waals surface area contributed by atoms with Gasteiger partial charge in [0.2, 0.25) is 0 Å². The number of nitrogens with two attached hydrogens (primary N) is 1. The van der Waals surface area contributed by atoms with Crippen molar-refractivity contribution in [2.24, 2.45) is 0 Å². The molecule has 0 bridgehead atoms. The number of anilines is 1. The zero-order valence-electron chi connectivity index (χ0n) is 8.87. The van der Waals surface area contributed by atoms with Gasteiger partial charge in [-0.3, -0.25) is 4.79 Å². The maximum atomic E-state index is 11.1. The first kappa shape index (κ1) is 10.5. The number of rotatable bonds is 1. The Morgan fingerprint density at radius 3 is 2.88 bits per heavy atom. The molecule has 0 saturated carbocycles. The summed E-state index contributed by atoms with van der Waals surface area (Å²) in [5.41, 5.74) is 8.99. The van der Waals surface area contributed by atoms with Crippen LogP contribution in [0.5, 0.6) is 0 Å². The average Bonchev–Trinajstić information content (AvgIpc) is 2.78. The number of nitrogens with zero attached hydrogens (tertiary/aromatic N) is 1. The molecule has 5 heteroatoms. The summed E-state index contributed by atoms with van der Waals surface area (Å²) in [6.07, 6.45) is 0. The molecule has 0 atom stereocenters. The normalized spacial score (nSPS) is 13.9. The predicted molar refractivity (Wildman–Crippen MR) is 64.8 cm³/mol. The molecule has 0 saturated heterocycles. The smallest absolute Gasteiger partial charge is 0.252 e. The van der Waals surface area contributed by atoms with Crippen LogP contribution in [0.3, 0.4) is 0 Å². The number of benzene rings is 1. The second-order valence-electron chi connectivity index (χ2n) is 3.95. The number of ether oxygens (including phenoxy) is 1. The SMILES string of the molecule is Nc1nc2ccc(C(=O)Cl)cc2c2c1COC2. The van der Waals surface area contributed by atoms with E-state index in [2.05, 4.69) is 4.98 Å². The summed E-state index contributed by atoms with van der Waals surface area (Å²) >= 11 is 5.47. The molecular formula is C12H9ClN2O2. The maximum absolute atomic E-state index is 11.1. The van der Waals surface area contributed by atoms with Crippen LogP contribution in [-0.2, 0) is 18.0 Å². The molecule has 2 aromatic rings. The van der Waals surface area contributed by atoms with Crippen LogP contribution in [0.25, 0.3) is 10.9 Å². The van der Waals surface area contributed by atoms with E-state index in [9.17, 15) is 4.79 Å². The molecule has 1 aliphatic heterocycles. The zero-order valence-corrected chi connectivity index (χ0v) is 9.62. The molecule has 0 fully saturated rings. The van der Waals surface area contributed by atoms with E-state index < -0.39 is 5.24 Å². The Labute approximate surface area is 102 Å². The first-order chi connectivity index (χ1) is 8.16. The molecule has 2 heterocycles. The van der Waals surface area contributed by atoms with Crippen LogP contribution in [-0.4, -0.2) is 10.2 Å². The Balaban J connectivity index is 2.35. The van der Waals surface area contributed by atoms with Crippen molar-refractivity contribution in [3.05, 3.63) is 34.9 Å². The van der Waals surface area contributed by atoms with Crippen LogP contribution in [0.4, 0.5) is 5.82 Å². The molecule has 0 unspecified atom stereocenters. The second kappa shape index (κ2) is 3.68. The summed E-state index contributed by atoms with van der Waals surface area (Å²) in [6, 6.07) is 5.14. The van der Waals surface area contributed by atoms with Gasteiger partial charge in [0.15, 0.2) is 0 Å². The van der Waals surface area contributed by atoms with Gasteiger partial charge in [0.1, 0.15) is 5.82 Å². The Kier molecular flexibility index (Phi) is 2.28. The van der Waals surface area contributed by atoms with Gasteiger partial charge in [-0.15, -0.1) is 0 Å². The number of nitrogen functional groups attached to an aromatic ring is 1. The summed E-state index contributed by atoms with van der Waals surface area (Å²) in [5.74, 6) is 0.495. The van der Waals surface area contributed by atoms with Gasteiger partial charge in [-0.2, -0.15) is 0 Å². The van der Waals surface area contributed by atoms with Crippen LogP contribution in [0.2, 0.25) is 0 Å². The molecule has 2 N–H and O–H groups in total. The van der Waals surface area contributed by atoms with E-state index in [-0.39, 0.29) is 0 Å². The summed E-state index contributed by atoms with van der Waals surface area (Å²) in [5, 5.41) is 0.412. The van der Waals surface area contributed by atoms with Crippen molar-refractivity contribution >= 4 is 33.6 Å². The number of fused-ring (bicyclic) bond motifs is 3. The highest BCUT2D eigenvalue weighted by molar-refractivity contribution is 6.67. The number of carbonyl (C=O) groups excluding carboxylic acids is 1. The lowest BCUT2D eigenvalue weighted by atomic mass is 10.0. The van der Waals surface area contributed by atoms with Gasteiger partial charge < -0.3 is 10.5 Å². The molecule has 1 aliphatic rings. The molecular weight excluding hydrogens is 240 g/mol. The standard InChI is InChI=1S/C12H9ClN2O2/c13-11(16)6-1-2-10-7(3-6)8-4-17-5-9(8)12(14)15-10/h1-3H,4-5H2,(H2,14,15). The molecule has 1 aromatic carbocycles. The van der Waals surface area contributed by atoms with Crippen LogP contribution < -0.4 is 5.73 Å². The quantitative estimate of drug-likeness (QED) is 0.786. The first-order valence-corrected chi connectivity index (χ1v) is 5.53. The number of hydrogen-bond donors (Lipinski definition) is 1. The fourth-order valence-electron chi connectivity index (χ4n) is 2.09. The summed E-state index contributed by atoms with van der Waals surface area (Å²) in [4.78, 5) is 15.4. The van der Waals surface area contributed by atoms with Crippen molar-refractivity contribution in [2.75, 3.05) is 5.73 Å². The number of carbonyl (C=O) groups is 1. The third kappa shape index (κ3) is 1.57. The third-order valence-electron chi connectivity index (χ3n) is 2.96. The monoisotopic (exact) mass is 248 g/mol. The summed E-state index contributed by atoms with van der Waals surface area (Å²) in [6.45, 7) is 0.974. The lowest BCUT2D eigenvalue weighted by molar-refractivity contribution is 0.108. The van der Waals surface area contributed by atoms with E-state index >= 15 is 0 Å². The highest BCUT2D eigenvalue weighted by Crippen LogP contribution is 2.31. The summed E-state index contributed by atoms with van der Waals surface area (Å²) < 4.78 is 5.37. The molecule has 3 rings (SSSR count). The third-order valence-corrected chi connectivity index (χ3v) is 3.17. The van der Waals surface area contributed by atoms with Gasteiger partial charge in [-0.1, -0.05) is 0 Å². The Bertz CT molecular complexity index is 640. The van der Waals surface area contributed by atoms with Crippen molar-refractivity contribution in [1.82, 2.24) is 4.98 Å². The van der Waals surface area contributed by atoms with Gasteiger partial charge in [-0.05, 0) is 35.4 Å². The number of hydrogen-bond acceptors (Lipinski definition) is 4. The summed E-state index contributed by atoms with van der Waals surface area (Å²) in [7, 11) is 0. The molecule has 0 radical (unpaired) electrons.